The fraction of sp³-hybridized carbons (Fsp3) is 0.909. The van der Waals surface area contributed by atoms with Crippen molar-refractivity contribution in [2.75, 3.05) is 0 Å². The average molecular weight is 153 g/mol. The predicted molar refractivity (Wildman–Crippen MR) is 50.3 cm³/mol. The zero-order chi connectivity index (χ0) is 8.43. The SMILES string of the molecule is C[C]1CCCC(C)C1C(C)C. The van der Waals surface area contributed by atoms with E-state index in [0.29, 0.717) is 0 Å². The van der Waals surface area contributed by atoms with Gasteiger partial charge in [0.15, 0.2) is 0 Å². The van der Waals surface area contributed by atoms with E-state index in [1.807, 2.05) is 0 Å². The predicted octanol–water partition coefficient (Wildman–Crippen LogP) is 3.67. The molecule has 0 N–H and O–H groups in total. The average Bonchev–Trinajstić information content (AvgIpc) is 1.85. The fourth-order valence-electron chi connectivity index (χ4n) is 2.76. The Balaban J connectivity index is 2.55. The Morgan fingerprint density at radius 3 is 2.36 bits per heavy atom. The summed E-state index contributed by atoms with van der Waals surface area (Å²) in [6, 6.07) is 0. The topological polar surface area (TPSA) is 0 Å². The molecular formula is C11H21. The summed E-state index contributed by atoms with van der Waals surface area (Å²) in [5.41, 5.74) is 0. The maximum absolute atomic E-state index is 2.41. The van der Waals surface area contributed by atoms with Crippen LogP contribution in [0.2, 0.25) is 0 Å². The van der Waals surface area contributed by atoms with Crippen molar-refractivity contribution in [2.45, 2.75) is 47.0 Å². The summed E-state index contributed by atoms with van der Waals surface area (Å²) in [6.07, 6.45) is 4.25. The highest BCUT2D eigenvalue weighted by Crippen LogP contribution is 2.39. The lowest BCUT2D eigenvalue weighted by Crippen LogP contribution is -2.27. The summed E-state index contributed by atoms with van der Waals surface area (Å²) < 4.78 is 0. The lowest BCUT2D eigenvalue weighted by Gasteiger charge is -2.37. The van der Waals surface area contributed by atoms with Crippen LogP contribution in [-0.2, 0) is 0 Å². The molecule has 1 aliphatic carbocycles. The molecule has 0 heterocycles. The van der Waals surface area contributed by atoms with Crippen LogP contribution in [-0.4, -0.2) is 0 Å². The molecule has 0 aliphatic heterocycles. The first-order valence-corrected chi connectivity index (χ1v) is 4.95. The van der Waals surface area contributed by atoms with Crippen LogP contribution in [0.3, 0.4) is 0 Å². The molecule has 0 spiro atoms. The Hall–Kier alpha value is 0. The number of hydrogen-bond acceptors (Lipinski definition) is 0. The highest BCUT2D eigenvalue weighted by molar-refractivity contribution is 4.98. The largest absolute Gasteiger partial charge is 0.0625 e. The van der Waals surface area contributed by atoms with Crippen LogP contribution in [0.1, 0.15) is 47.0 Å². The van der Waals surface area contributed by atoms with Gasteiger partial charge in [0.1, 0.15) is 0 Å². The minimum atomic E-state index is 0.852. The molecule has 0 aromatic carbocycles. The summed E-state index contributed by atoms with van der Waals surface area (Å²) in [6.45, 7) is 9.47. The summed E-state index contributed by atoms with van der Waals surface area (Å²) >= 11 is 0. The molecule has 65 valence electrons. The van der Waals surface area contributed by atoms with E-state index in [-0.39, 0.29) is 0 Å². The van der Waals surface area contributed by atoms with Gasteiger partial charge in [-0.3, -0.25) is 0 Å². The minimum Gasteiger partial charge on any atom is -0.0625 e. The van der Waals surface area contributed by atoms with Gasteiger partial charge in [0.2, 0.25) is 0 Å². The van der Waals surface area contributed by atoms with Gasteiger partial charge in [-0.1, -0.05) is 40.5 Å². The van der Waals surface area contributed by atoms with Crippen LogP contribution in [0.15, 0.2) is 0 Å². The van der Waals surface area contributed by atoms with E-state index in [1.165, 1.54) is 19.3 Å². The van der Waals surface area contributed by atoms with Crippen LogP contribution >= 0.6 is 0 Å². The molecule has 1 saturated carbocycles. The third-order valence-corrected chi connectivity index (χ3v) is 3.13. The molecule has 1 rings (SSSR count). The normalized spacial score (nSPS) is 34.6. The molecule has 1 aliphatic rings. The van der Waals surface area contributed by atoms with Crippen LogP contribution < -0.4 is 0 Å². The summed E-state index contributed by atoms with van der Waals surface area (Å²) in [5, 5.41) is 0. The fourth-order valence-corrected chi connectivity index (χ4v) is 2.76. The van der Waals surface area contributed by atoms with Crippen molar-refractivity contribution in [3.8, 4) is 0 Å². The lowest BCUT2D eigenvalue weighted by molar-refractivity contribution is 0.224. The van der Waals surface area contributed by atoms with Gasteiger partial charge in [-0.2, -0.15) is 0 Å². The van der Waals surface area contributed by atoms with Crippen molar-refractivity contribution in [3.63, 3.8) is 0 Å². The van der Waals surface area contributed by atoms with E-state index in [2.05, 4.69) is 27.7 Å². The Labute approximate surface area is 71.4 Å². The molecule has 0 bridgehead atoms. The maximum atomic E-state index is 2.41. The van der Waals surface area contributed by atoms with E-state index in [0.717, 1.165) is 17.8 Å². The van der Waals surface area contributed by atoms with Gasteiger partial charge in [-0.05, 0) is 30.1 Å². The van der Waals surface area contributed by atoms with Crippen molar-refractivity contribution in [2.24, 2.45) is 17.8 Å². The van der Waals surface area contributed by atoms with Gasteiger partial charge in [-0.15, -0.1) is 0 Å². The van der Waals surface area contributed by atoms with Crippen molar-refractivity contribution in [1.29, 1.82) is 0 Å². The zero-order valence-corrected chi connectivity index (χ0v) is 8.35. The Kier molecular flexibility index (Phi) is 2.98. The second-order valence-electron chi connectivity index (χ2n) is 4.49. The highest BCUT2D eigenvalue weighted by atomic mass is 14.3. The first-order chi connectivity index (χ1) is 5.13. The highest BCUT2D eigenvalue weighted by Gasteiger charge is 2.29. The van der Waals surface area contributed by atoms with Crippen LogP contribution in [0.5, 0.6) is 0 Å². The van der Waals surface area contributed by atoms with Crippen molar-refractivity contribution < 1.29 is 0 Å². The molecule has 0 aromatic heterocycles. The summed E-state index contributed by atoms with van der Waals surface area (Å²) in [5.74, 6) is 4.44. The van der Waals surface area contributed by atoms with Gasteiger partial charge < -0.3 is 0 Å². The molecule has 0 aromatic rings. The number of hydrogen-bond donors (Lipinski definition) is 0. The van der Waals surface area contributed by atoms with Crippen LogP contribution in [0.25, 0.3) is 0 Å². The van der Waals surface area contributed by atoms with E-state index in [9.17, 15) is 0 Å². The zero-order valence-electron chi connectivity index (χ0n) is 8.35. The molecule has 0 amide bonds. The van der Waals surface area contributed by atoms with E-state index in [4.69, 9.17) is 0 Å². The first-order valence-electron chi connectivity index (χ1n) is 4.95. The maximum Gasteiger partial charge on any atom is -0.0236 e. The quantitative estimate of drug-likeness (QED) is 0.539. The molecule has 0 saturated heterocycles. The molecule has 0 nitrogen and oxygen atoms in total. The third kappa shape index (κ3) is 1.98. The lowest BCUT2D eigenvalue weighted by atomic mass is 9.69. The molecule has 0 heteroatoms. The summed E-state index contributed by atoms with van der Waals surface area (Å²) in [7, 11) is 0. The van der Waals surface area contributed by atoms with Gasteiger partial charge in [0, 0.05) is 0 Å². The van der Waals surface area contributed by atoms with E-state index >= 15 is 0 Å². The van der Waals surface area contributed by atoms with Gasteiger partial charge in [0.25, 0.3) is 0 Å². The minimum absolute atomic E-state index is 0.852. The van der Waals surface area contributed by atoms with Crippen molar-refractivity contribution >= 4 is 0 Å². The molecular weight excluding hydrogens is 132 g/mol. The second-order valence-corrected chi connectivity index (χ2v) is 4.49. The summed E-state index contributed by atoms with van der Waals surface area (Å²) in [4.78, 5) is 0. The van der Waals surface area contributed by atoms with E-state index < -0.39 is 0 Å². The molecule has 2 unspecified atom stereocenters. The Morgan fingerprint density at radius 1 is 1.36 bits per heavy atom. The van der Waals surface area contributed by atoms with Gasteiger partial charge in [-0.25, -0.2) is 0 Å². The molecule has 11 heavy (non-hydrogen) atoms. The van der Waals surface area contributed by atoms with E-state index in [1.54, 1.807) is 5.92 Å². The van der Waals surface area contributed by atoms with Gasteiger partial charge in [0.05, 0.1) is 0 Å². The monoisotopic (exact) mass is 153 g/mol. The van der Waals surface area contributed by atoms with Crippen LogP contribution in [0.4, 0.5) is 0 Å². The second kappa shape index (κ2) is 3.60. The van der Waals surface area contributed by atoms with Gasteiger partial charge >= 0.3 is 0 Å². The van der Waals surface area contributed by atoms with Crippen LogP contribution in [0, 0.1) is 23.7 Å². The Morgan fingerprint density at radius 2 is 2.00 bits per heavy atom. The van der Waals surface area contributed by atoms with Crippen molar-refractivity contribution in [3.05, 3.63) is 5.92 Å². The Bertz CT molecular complexity index is 105. The molecule has 1 fully saturated rings. The van der Waals surface area contributed by atoms with Crippen molar-refractivity contribution in [1.82, 2.24) is 0 Å². The standard InChI is InChI=1S/C11H21/c1-8(2)11-9(3)6-5-7-10(11)4/h8-9,11H,5-7H2,1-4H3. The number of rotatable bonds is 1. The first kappa shape index (κ1) is 9.09. The molecule has 1 radical (unpaired) electrons. The third-order valence-electron chi connectivity index (χ3n) is 3.13. The molecule has 2 atom stereocenters. The smallest absolute Gasteiger partial charge is 0.0236 e.